The quantitative estimate of drug-likeness (QED) is 0.829. The first-order chi connectivity index (χ1) is 10.3. The van der Waals surface area contributed by atoms with Crippen LogP contribution in [0.5, 0.6) is 0 Å². The summed E-state index contributed by atoms with van der Waals surface area (Å²) in [4.78, 5) is 7.51. The van der Waals surface area contributed by atoms with Crippen molar-refractivity contribution >= 4 is 5.69 Å². The van der Waals surface area contributed by atoms with E-state index in [-0.39, 0.29) is 0 Å². The molecule has 4 heteroatoms. The molecule has 0 atom stereocenters. The van der Waals surface area contributed by atoms with Crippen LogP contribution in [0.1, 0.15) is 18.4 Å². The molecule has 2 heterocycles. The molecule has 0 aliphatic carbocycles. The topological polar surface area (TPSA) is 33.5 Å². The van der Waals surface area contributed by atoms with Crippen molar-refractivity contribution in [2.45, 2.75) is 18.9 Å². The number of piperidine rings is 1. The zero-order valence-electron chi connectivity index (χ0n) is 12.8. The van der Waals surface area contributed by atoms with E-state index in [0.717, 1.165) is 24.7 Å². The molecule has 21 heavy (non-hydrogen) atoms. The van der Waals surface area contributed by atoms with Gasteiger partial charge in [0.15, 0.2) is 0 Å². The highest BCUT2D eigenvalue weighted by Crippen LogP contribution is 2.23. The van der Waals surface area contributed by atoms with E-state index >= 15 is 0 Å². The fourth-order valence-corrected chi connectivity index (χ4v) is 3.45. The summed E-state index contributed by atoms with van der Waals surface area (Å²) in [6.07, 6.45) is 2.47. The summed E-state index contributed by atoms with van der Waals surface area (Å²) in [5.74, 6) is 0. The minimum atomic E-state index is 0.745. The van der Waals surface area contributed by atoms with E-state index in [1.54, 1.807) is 0 Å². The third-order valence-electron chi connectivity index (χ3n) is 4.86. The standard InChI is InChI=1S/C17H24N4/c1-19-9-11-21(12-10-19)16-5-7-20(8-6-16)17-4-2-3-15(13-17)14-18/h2-4,13,16H,5-12H2,1H3. The second kappa shape index (κ2) is 6.46. The Morgan fingerprint density at radius 2 is 1.76 bits per heavy atom. The molecule has 0 radical (unpaired) electrons. The van der Waals surface area contributed by atoms with Crippen molar-refractivity contribution in [1.82, 2.24) is 9.80 Å². The van der Waals surface area contributed by atoms with Crippen LogP contribution < -0.4 is 4.90 Å². The van der Waals surface area contributed by atoms with Crippen LogP contribution in [0.15, 0.2) is 24.3 Å². The van der Waals surface area contributed by atoms with Crippen LogP contribution in [0, 0.1) is 11.3 Å². The Hall–Kier alpha value is -1.57. The molecular weight excluding hydrogens is 260 g/mol. The number of rotatable bonds is 2. The number of piperazine rings is 1. The molecule has 0 aromatic heterocycles. The number of nitriles is 1. The molecule has 4 nitrogen and oxygen atoms in total. The highest BCUT2D eigenvalue weighted by atomic mass is 15.3. The average Bonchev–Trinajstić information content (AvgIpc) is 2.56. The molecular formula is C17H24N4. The number of hydrogen-bond donors (Lipinski definition) is 0. The van der Waals surface area contributed by atoms with Gasteiger partial charge in [0.1, 0.15) is 0 Å². The molecule has 0 saturated carbocycles. The molecule has 0 amide bonds. The summed E-state index contributed by atoms with van der Waals surface area (Å²) in [5, 5.41) is 9.01. The van der Waals surface area contributed by atoms with Gasteiger partial charge in [0.2, 0.25) is 0 Å². The van der Waals surface area contributed by atoms with E-state index in [4.69, 9.17) is 5.26 Å². The van der Waals surface area contributed by atoms with Gasteiger partial charge >= 0.3 is 0 Å². The highest BCUT2D eigenvalue weighted by molar-refractivity contribution is 5.51. The summed E-state index contributed by atoms with van der Waals surface area (Å²) in [7, 11) is 2.21. The molecule has 1 aromatic carbocycles. The molecule has 112 valence electrons. The van der Waals surface area contributed by atoms with Gasteiger partial charge in [-0.05, 0) is 38.1 Å². The van der Waals surface area contributed by atoms with Gasteiger partial charge in [-0.25, -0.2) is 0 Å². The second-order valence-corrected chi connectivity index (χ2v) is 6.22. The van der Waals surface area contributed by atoms with Crippen molar-refractivity contribution in [3.05, 3.63) is 29.8 Å². The van der Waals surface area contributed by atoms with Crippen molar-refractivity contribution in [3.8, 4) is 6.07 Å². The fraction of sp³-hybridized carbons (Fsp3) is 0.588. The van der Waals surface area contributed by atoms with Crippen LogP contribution in [0.2, 0.25) is 0 Å². The monoisotopic (exact) mass is 284 g/mol. The molecule has 2 saturated heterocycles. The third-order valence-corrected chi connectivity index (χ3v) is 4.86. The van der Waals surface area contributed by atoms with Crippen molar-refractivity contribution in [1.29, 1.82) is 5.26 Å². The highest BCUT2D eigenvalue weighted by Gasteiger charge is 2.26. The lowest BCUT2D eigenvalue weighted by Gasteiger charge is -2.42. The second-order valence-electron chi connectivity index (χ2n) is 6.22. The predicted molar refractivity (Wildman–Crippen MR) is 85.5 cm³/mol. The minimum absolute atomic E-state index is 0.745. The van der Waals surface area contributed by atoms with Gasteiger partial charge in [-0.2, -0.15) is 5.26 Å². The number of benzene rings is 1. The van der Waals surface area contributed by atoms with Gasteiger partial charge in [-0.1, -0.05) is 6.07 Å². The minimum Gasteiger partial charge on any atom is -0.371 e. The first-order valence-electron chi connectivity index (χ1n) is 7.94. The predicted octanol–water partition coefficient (Wildman–Crippen LogP) is 1.77. The number of nitrogens with zero attached hydrogens (tertiary/aromatic N) is 4. The molecule has 0 spiro atoms. The van der Waals surface area contributed by atoms with Crippen LogP contribution in [0.25, 0.3) is 0 Å². The summed E-state index contributed by atoms with van der Waals surface area (Å²) in [6, 6.07) is 11.0. The van der Waals surface area contributed by atoms with E-state index in [9.17, 15) is 0 Å². The van der Waals surface area contributed by atoms with Gasteiger partial charge in [-0.15, -0.1) is 0 Å². The van der Waals surface area contributed by atoms with Crippen LogP contribution in [-0.2, 0) is 0 Å². The third kappa shape index (κ3) is 3.37. The zero-order chi connectivity index (χ0) is 14.7. The van der Waals surface area contributed by atoms with E-state index in [2.05, 4.69) is 33.9 Å². The van der Waals surface area contributed by atoms with Gasteiger partial charge in [-0.3, -0.25) is 4.90 Å². The average molecular weight is 284 g/mol. The Balaban J connectivity index is 1.56. The van der Waals surface area contributed by atoms with E-state index in [1.807, 2.05) is 18.2 Å². The lowest BCUT2D eigenvalue weighted by Crippen LogP contribution is -2.52. The van der Waals surface area contributed by atoms with Crippen LogP contribution >= 0.6 is 0 Å². The van der Waals surface area contributed by atoms with E-state index in [1.165, 1.54) is 44.7 Å². The van der Waals surface area contributed by atoms with Crippen LogP contribution in [0.4, 0.5) is 5.69 Å². The Morgan fingerprint density at radius 3 is 2.43 bits per heavy atom. The van der Waals surface area contributed by atoms with Gasteiger partial charge in [0, 0.05) is 51.0 Å². The molecule has 1 aromatic rings. The van der Waals surface area contributed by atoms with Gasteiger partial charge in [0.25, 0.3) is 0 Å². The maximum Gasteiger partial charge on any atom is 0.0992 e. The van der Waals surface area contributed by atoms with Gasteiger partial charge < -0.3 is 9.80 Å². The molecule has 2 aliphatic rings. The summed E-state index contributed by atoms with van der Waals surface area (Å²) < 4.78 is 0. The van der Waals surface area contributed by atoms with Crippen molar-refractivity contribution < 1.29 is 0 Å². The Labute approximate surface area is 127 Å². The molecule has 2 aliphatic heterocycles. The maximum absolute atomic E-state index is 9.01. The Bertz CT molecular complexity index is 506. The van der Waals surface area contributed by atoms with E-state index < -0.39 is 0 Å². The number of anilines is 1. The summed E-state index contributed by atoms with van der Waals surface area (Å²) in [6.45, 7) is 7.03. The normalized spacial score (nSPS) is 22.2. The van der Waals surface area contributed by atoms with Crippen molar-refractivity contribution in [3.63, 3.8) is 0 Å². The smallest absolute Gasteiger partial charge is 0.0992 e. The first-order valence-corrected chi connectivity index (χ1v) is 7.94. The first kappa shape index (κ1) is 14.4. The van der Waals surface area contributed by atoms with Gasteiger partial charge in [0.05, 0.1) is 11.6 Å². The largest absolute Gasteiger partial charge is 0.371 e. The van der Waals surface area contributed by atoms with E-state index in [0.29, 0.717) is 0 Å². The van der Waals surface area contributed by atoms with Crippen LogP contribution in [0.3, 0.4) is 0 Å². The Kier molecular flexibility index (Phi) is 4.42. The maximum atomic E-state index is 9.01. The molecule has 2 fully saturated rings. The molecule has 0 unspecified atom stereocenters. The fourth-order valence-electron chi connectivity index (χ4n) is 3.45. The summed E-state index contributed by atoms with van der Waals surface area (Å²) >= 11 is 0. The summed E-state index contributed by atoms with van der Waals surface area (Å²) in [5.41, 5.74) is 1.96. The molecule has 0 bridgehead atoms. The van der Waals surface area contributed by atoms with Crippen molar-refractivity contribution in [2.24, 2.45) is 0 Å². The SMILES string of the molecule is CN1CCN(C2CCN(c3cccc(C#N)c3)CC2)CC1. The number of hydrogen-bond acceptors (Lipinski definition) is 4. The molecule has 3 rings (SSSR count). The number of likely N-dealkylation sites (N-methyl/N-ethyl adjacent to an activating group) is 1. The lowest BCUT2D eigenvalue weighted by molar-refractivity contribution is 0.0982. The van der Waals surface area contributed by atoms with Crippen molar-refractivity contribution in [2.75, 3.05) is 51.2 Å². The lowest BCUT2D eigenvalue weighted by atomic mass is 10.0. The molecule has 0 N–H and O–H groups in total. The Morgan fingerprint density at radius 1 is 1.05 bits per heavy atom. The zero-order valence-corrected chi connectivity index (χ0v) is 12.8. The van der Waals surface area contributed by atoms with Crippen LogP contribution in [-0.4, -0.2) is 62.2 Å².